The molecule has 0 spiro atoms. The summed E-state index contributed by atoms with van der Waals surface area (Å²) in [5.41, 5.74) is 0.0677. The third-order valence-electron chi connectivity index (χ3n) is 4.01. The van der Waals surface area contributed by atoms with E-state index in [1.165, 1.54) is 0 Å². The lowest BCUT2D eigenvalue weighted by atomic mass is 9.91. The fourth-order valence-electron chi connectivity index (χ4n) is 2.76. The van der Waals surface area contributed by atoms with E-state index in [4.69, 9.17) is 15.1 Å². The Balaban J connectivity index is 2.03. The molecule has 1 aromatic heterocycles. The van der Waals surface area contributed by atoms with Gasteiger partial charge in [-0.05, 0) is 31.6 Å². The second-order valence-corrected chi connectivity index (χ2v) is 6.63. The SMILES string of the molecule is CC(C)COc1nc(NC2CCC(NC(=O)O)CC2)c(F)cc1C#N. The summed E-state index contributed by atoms with van der Waals surface area (Å²) in [7, 11) is 0. The van der Waals surface area contributed by atoms with Crippen molar-refractivity contribution in [2.75, 3.05) is 11.9 Å². The van der Waals surface area contributed by atoms with Crippen molar-refractivity contribution in [1.82, 2.24) is 10.3 Å². The molecule has 1 saturated carbocycles. The van der Waals surface area contributed by atoms with Gasteiger partial charge in [-0.1, -0.05) is 13.8 Å². The number of nitriles is 1. The number of carboxylic acid groups (broad SMARTS) is 1. The maximum atomic E-state index is 14.2. The molecule has 7 nitrogen and oxygen atoms in total. The number of nitrogens with one attached hydrogen (secondary N) is 2. The third kappa shape index (κ3) is 5.48. The minimum Gasteiger partial charge on any atom is -0.476 e. The summed E-state index contributed by atoms with van der Waals surface area (Å²) >= 11 is 0. The minimum atomic E-state index is -1.02. The van der Waals surface area contributed by atoms with Crippen LogP contribution in [0.25, 0.3) is 0 Å². The molecule has 0 aromatic carbocycles. The number of carbonyl (C=O) groups is 1. The Labute approximate surface area is 146 Å². The van der Waals surface area contributed by atoms with Gasteiger partial charge in [0.25, 0.3) is 0 Å². The van der Waals surface area contributed by atoms with E-state index >= 15 is 0 Å². The van der Waals surface area contributed by atoms with E-state index in [9.17, 15) is 9.18 Å². The Morgan fingerprint density at radius 3 is 2.64 bits per heavy atom. The van der Waals surface area contributed by atoms with Crippen LogP contribution in [-0.4, -0.2) is 34.9 Å². The van der Waals surface area contributed by atoms with Crippen molar-refractivity contribution < 1.29 is 19.0 Å². The molecule has 3 N–H and O–H groups in total. The molecule has 0 aliphatic heterocycles. The van der Waals surface area contributed by atoms with E-state index in [0.29, 0.717) is 32.3 Å². The van der Waals surface area contributed by atoms with E-state index in [0.717, 1.165) is 6.07 Å². The molecule has 0 radical (unpaired) electrons. The molecule has 8 heteroatoms. The van der Waals surface area contributed by atoms with Gasteiger partial charge in [-0.25, -0.2) is 9.18 Å². The summed E-state index contributed by atoms with van der Waals surface area (Å²) in [6, 6.07) is 2.95. The van der Waals surface area contributed by atoms with Gasteiger partial charge in [0.1, 0.15) is 11.6 Å². The normalized spacial score (nSPS) is 20.0. The largest absolute Gasteiger partial charge is 0.476 e. The number of aromatic nitrogens is 1. The number of amides is 1. The summed E-state index contributed by atoms with van der Waals surface area (Å²) in [5.74, 6) is -0.153. The monoisotopic (exact) mass is 350 g/mol. The topological polar surface area (TPSA) is 107 Å². The Kier molecular flexibility index (Phi) is 6.39. The highest BCUT2D eigenvalue weighted by atomic mass is 19.1. The van der Waals surface area contributed by atoms with Crippen molar-refractivity contribution in [1.29, 1.82) is 5.26 Å². The van der Waals surface area contributed by atoms with Crippen molar-refractivity contribution in [3.05, 3.63) is 17.4 Å². The zero-order valence-electron chi connectivity index (χ0n) is 14.4. The molecule has 2 rings (SSSR count). The van der Waals surface area contributed by atoms with Crippen LogP contribution in [-0.2, 0) is 0 Å². The van der Waals surface area contributed by atoms with E-state index in [-0.39, 0.29) is 35.3 Å². The van der Waals surface area contributed by atoms with Crippen molar-refractivity contribution >= 4 is 11.9 Å². The van der Waals surface area contributed by atoms with E-state index < -0.39 is 11.9 Å². The highest BCUT2D eigenvalue weighted by Gasteiger charge is 2.24. The third-order valence-corrected chi connectivity index (χ3v) is 4.01. The number of ether oxygens (including phenoxy) is 1. The lowest BCUT2D eigenvalue weighted by molar-refractivity contribution is 0.185. The van der Waals surface area contributed by atoms with E-state index in [2.05, 4.69) is 15.6 Å². The maximum absolute atomic E-state index is 14.2. The molecule has 1 fully saturated rings. The summed E-state index contributed by atoms with van der Waals surface area (Å²) in [6.45, 7) is 4.33. The van der Waals surface area contributed by atoms with E-state index in [1.807, 2.05) is 19.9 Å². The van der Waals surface area contributed by atoms with Crippen molar-refractivity contribution in [2.45, 2.75) is 51.6 Å². The van der Waals surface area contributed by atoms with Crippen molar-refractivity contribution in [3.8, 4) is 11.9 Å². The quantitative estimate of drug-likeness (QED) is 0.727. The van der Waals surface area contributed by atoms with Crippen molar-refractivity contribution in [2.24, 2.45) is 5.92 Å². The number of nitrogens with zero attached hydrogens (tertiary/aromatic N) is 2. The summed E-state index contributed by atoms with van der Waals surface area (Å²) < 4.78 is 19.7. The average molecular weight is 350 g/mol. The molecule has 0 atom stereocenters. The first kappa shape index (κ1) is 18.8. The van der Waals surface area contributed by atoms with Crippen LogP contribution in [0.3, 0.4) is 0 Å². The zero-order chi connectivity index (χ0) is 18.4. The first-order valence-electron chi connectivity index (χ1n) is 8.38. The van der Waals surface area contributed by atoms with Gasteiger partial charge >= 0.3 is 6.09 Å². The fourth-order valence-corrected chi connectivity index (χ4v) is 2.76. The van der Waals surface area contributed by atoms with Crippen LogP contribution in [0.15, 0.2) is 6.07 Å². The molecule has 1 aromatic rings. The van der Waals surface area contributed by atoms with Gasteiger partial charge in [-0.3, -0.25) is 0 Å². The van der Waals surface area contributed by atoms with Crippen LogP contribution in [0.1, 0.15) is 45.1 Å². The highest BCUT2D eigenvalue weighted by molar-refractivity contribution is 5.64. The molecule has 1 amide bonds. The Morgan fingerprint density at radius 2 is 2.08 bits per heavy atom. The Bertz CT molecular complexity index is 652. The fraction of sp³-hybridized carbons (Fsp3) is 0.588. The number of hydrogen-bond donors (Lipinski definition) is 3. The molecule has 25 heavy (non-hydrogen) atoms. The zero-order valence-corrected chi connectivity index (χ0v) is 14.4. The smallest absolute Gasteiger partial charge is 0.404 e. The predicted molar refractivity (Wildman–Crippen MR) is 90.1 cm³/mol. The highest BCUT2D eigenvalue weighted by Crippen LogP contribution is 2.26. The summed E-state index contributed by atoms with van der Waals surface area (Å²) in [6.07, 6.45) is 1.74. The minimum absolute atomic E-state index is 0.000251. The number of halogens is 1. The van der Waals surface area contributed by atoms with Crippen LogP contribution in [0.2, 0.25) is 0 Å². The lowest BCUT2D eigenvalue weighted by Gasteiger charge is -2.29. The Hall–Kier alpha value is -2.56. The van der Waals surface area contributed by atoms with Crippen molar-refractivity contribution in [3.63, 3.8) is 0 Å². The molecule has 0 unspecified atom stereocenters. The first-order valence-corrected chi connectivity index (χ1v) is 8.38. The maximum Gasteiger partial charge on any atom is 0.404 e. The van der Waals surface area contributed by atoms with Gasteiger partial charge in [-0.2, -0.15) is 10.2 Å². The van der Waals surface area contributed by atoms with Gasteiger partial charge in [0.2, 0.25) is 5.88 Å². The van der Waals surface area contributed by atoms with Gasteiger partial charge in [-0.15, -0.1) is 0 Å². The van der Waals surface area contributed by atoms with Gasteiger partial charge < -0.3 is 20.5 Å². The molecule has 1 aliphatic carbocycles. The molecule has 1 heterocycles. The van der Waals surface area contributed by atoms with Crippen LogP contribution in [0.5, 0.6) is 5.88 Å². The van der Waals surface area contributed by atoms with Crippen LogP contribution < -0.4 is 15.4 Å². The average Bonchev–Trinajstić information content (AvgIpc) is 2.56. The standard InChI is InChI=1S/C17H23FN4O3/c1-10(2)9-25-16-11(8-19)7-14(18)15(22-16)20-12-3-5-13(6-4-12)21-17(23)24/h7,10,12-13,21H,3-6,9H2,1-2H3,(H,20,22)(H,23,24). The lowest BCUT2D eigenvalue weighted by Crippen LogP contribution is -2.39. The molecule has 136 valence electrons. The molecular weight excluding hydrogens is 327 g/mol. The summed E-state index contributed by atoms with van der Waals surface area (Å²) in [5, 5.41) is 23.4. The molecule has 1 aliphatic rings. The second kappa shape index (κ2) is 8.51. The number of pyridine rings is 1. The Morgan fingerprint density at radius 1 is 1.44 bits per heavy atom. The van der Waals surface area contributed by atoms with E-state index in [1.54, 1.807) is 0 Å². The van der Waals surface area contributed by atoms with Crippen LogP contribution in [0, 0.1) is 23.1 Å². The second-order valence-electron chi connectivity index (χ2n) is 6.63. The number of hydrogen-bond acceptors (Lipinski definition) is 5. The number of anilines is 1. The molecule has 0 bridgehead atoms. The van der Waals surface area contributed by atoms with Crippen LogP contribution >= 0.6 is 0 Å². The molecular formula is C17H23FN4O3. The van der Waals surface area contributed by atoms with Gasteiger partial charge in [0, 0.05) is 18.2 Å². The van der Waals surface area contributed by atoms with Gasteiger partial charge in [0.15, 0.2) is 11.6 Å². The molecule has 0 saturated heterocycles. The predicted octanol–water partition coefficient (Wildman–Crippen LogP) is 3.12. The first-order chi connectivity index (χ1) is 11.9. The van der Waals surface area contributed by atoms with Crippen LogP contribution in [0.4, 0.5) is 15.0 Å². The summed E-state index contributed by atoms with van der Waals surface area (Å²) in [4.78, 5) is 14.8. The van der Waals surface area contributed by atoms with Gasteiger partial charge in [0.05, 0.1) is 6.61 Å². The number of rotatable bonds is 6.